The molecule has 0 atom stereocenters. The van der Waals surface area contributed by atoms with Crippen LogP contribution in [-0.4, -0.2) is 19.3 Å². The lowest BCUT2D eigenvalue weighted by Gasteiger charge is -2.39. The number of benzene rings is 1. The van der Waals surface area contributed by atoms with Crippen molar-refractivity contribution in [3.8, 4) is 11.5 Å². The molecule has 1 aliphatic heterocycles. The molecule has 0 N–H and O–H groups in total. The Bertz CT molecular complexity index is 575. The highest BCUT2D eigenvalue weighted by atomic mass is 79.9. The predicted molar refractivity (Wildman–Crippen MR) is 73.5 cm³/mol. The summed E-state index contributed by atoms with van der Waals surface area (Å²) in [5.74, 6) is 1.51. The molecule has 2 aliphatic rings. The summed E-state index contributed by atoms with van der Waals surface area (Å²) in [5.41, 5.74) is 1.64. The fourth-order valence-electron chi connectivity index (χ4n) is 2.82. The van der Waals surface area contributed by atoms with Crippen LogP contribution in [0.4, 0.5) is 0 Å². The Balaban J connectivity index is 2.17. The zero-order valence-corrected chi connectivity index (χ0v) is 12.2. The Kier molecular flexibility index (Phi) is 3.11. The molecule has 1 aromatic carbocycles. The Morgan fingerprint density at radius 1 is 1.32 bits per heavy atom. The van der Waals surface area contributed by atoms with Crippen molar-refractivity contribution >= 4 is 22.0 Å². The van der Waals surface area contributed by atoms with E-state index in [1.807, 2.05) is 13.0 Å². The number of ether oxygens (including phenoxy) is 2. The molecule has 1 aromatic rings. The van der Waals surface area contributed by atoms with E-state index in [4.69, 9.17) is 9.47 Å². The fourth-order valence-corrected chi connectivity index (χ4v) is 3.34. The number of isocyanates is 1. The summed E-state index contributed by atoms with van der Waals surface area (Å²) < 4.78 is 12.2. The van der Waals surface area contributed by atoms with Crippen LogP contribution in [0.15, 0.2) is 15.5 Å². The van der Waals surface area contributed by atoms with E-state index >= 15 is 0 Å². The van der Waals surface area contributed by atoms with Crippen LogP contribution in [0.2, 0.25) is 0 Å². The Morgan fingerprint density at radius 2 is 2.00 bits per heavy atom. The van der Waals surface area contributed by atoms with E-state index in [2.05, 4.69) is 20.9 Å². The van der Waals surface area contributed by atoms with Crippen molar-refractivity contribution in [2.24, 2.45) is 4.99 Å². The number of nitrogens with zero attached hydrogens (tertiary/aromatic N) is 1. The molecule has 1 heterocycles. The molecule has 0 unspecified atom stereocenters. The van der Waals surface area contributed by atoms with Crippen LogP contribution >= 0.6 is 15.9 Å². The highest BCUT2D eigenvalue weighted by Crippen LogP contribution is 2.51. The molecule has 0 spiro atoms. The van der Waals surface area contributed by atoms with Gasteiger partial charge < -0.3 is 9.47 Å². The van der Waals surface area contributed by atoms with Gasteiger partial charge in [-0.05, 0) is 53.7 Å². The molecule has 5 heteroatoms. The maximum atomic E-state index is 10.7. The van der Waals surface area contributed by atoms with Gasteiger partial charge in [0.1, 0.15) is 13.2 Å². The van der Waals surface area contributed by atoms with Gasteiger partial charge in [-0.25, -0.2) is 4.79 Å². The van der Waals surface area contributed by atoms with E-state index in [-0.39, 0.29) is 0 Å². The topological polar surface area (TPSA) is 47.9 Å². The first-order valence-electron chi connectivity index (χ1n) is 6.36. The molecule has 100 valence electrons. The number of rotatable bonds is 2. The normalized spacial score (nSPS) is 19.3. The number of carbonyl (C=O) groups excluding carboxylic acids is 1. The Hall–Kier alpha value is -1.32. The summed E-state index contributed by atoms with van der Waals surface area (Å²) in [7, 11) is 0. The molecule has 0 bridgehead atoms. The van der Waals surface area contributed by atoms with Crippen LogP contribution in [-0.2, 0) is 10.3 Å². The lowest BCUT2D eigenvalue weighted by Crippen LogP contribution is -2.33. The zero-order chi connectivity index (χ0) is 13.5. The minimum Gasteiger partial charge on any atom is -0.486 e. The maximum absolute atomic E-state index is 10.7. The molecule has 0 aromatic heterocycles. The highest BCUT2D eigenvalue weighted by molar-refractivity contribution is 9.10. The Morgan fingerprint density at radius 3 is 2.58 bits per heavy atom. The summed E-state index contributed by atoms with van der Waals surface area (Å²) >= 11 is 3.52. The summed E-state index contributed by atoms with van der Waals surface area (Å²) in [4.78, 5) is 14.8. The van der Waals surface area contributed by atoms with Gasteiger partial charge >= 0.3 is 0 Å². The van der Waals surface area contributed by atoms with E-state index in [0.717, 1.165) is 46.4 Å². The van der Waals surface area contributed by atoms with Crippen molar-refractivity contribution in [1.82, 2.24) is 0 Å². The van der Waals surface area contributed by atoms with Gasteiger partial charge in [0.25, 0.3) is 0 Å². The average molecular weight is 324 g/mol. The minimum atomic E-state index is -0.413. The van der Waals surface area contributed by atoms with Crippen molar-refractivity contribution in [1.29, 1.82) is 0 Å². The van der Waals surface area contributed by atoms with Gasteiger partial charge in [-0.1, -0.05) is 0 Å². The SMILES string of the molecule is Cc1c(C2(N=C=O)CCC2)cc(Br)c2c1OCCO2. The maximum Gasteiger partial charge on any atom is 0.235 e. The van der Waals surface area contributed by atoms with Crippen LogP contribution in [0, 0.1) is 6.92 Å². The minimum absolute atomic E-state index is 0.413. The average Bonchev–Trinajstić information content (AvgIpc) is 2.39. The number of fused-ring (bicyclic) bond motifs is 1. The van der Waals surface area contributed by atoms with Crippen LogP contribution in [0.5, 0.6) is 11.5 Å². The molecule has 1 aliphatic carbocycles. The second-order valence-electron chi connectivity index (χ2n) is 4.97. The van der Waals surface area contributed by atoms with Crippen LogP contribution in [0.3, 0.4) is 0 Å². The standard InChI is InChI=1S/C14H14BrNO3/c1-9-10(14(16-8-17)3-2-4-14)7-11(15)13-12(9)18-5-6-19-13/h7H,2-6H2,1H3. The summed E-state index contributed by atoms with van der Waals surface area (Å²) in [6.07, 6.45) is 4.57. The molecular formula is C14H14BrNO3. The monoisotopic (exact) mass is 323 g/mol. The predicted octanol–water partition coefficient (Wildman–Crippen LogP) is 3.24. The quantitative estimate of drug-likeness (QED) is 0.620. The lowest BCUT2D eigenvalue weighted by molar-refractivity contribution is 0.167. The summed E-state index contributed by atoms with van der Waals surface area (Å²) in [6.45, 7) is 3.10. The molecule has 1 saturated carbocycles. The van der Waals surface area contributed by atoms with E-state index in [1.165, 1.54) is 0 Å². The molecule has 0 radical (unpaired) electrons. The van der Waals surface area contributed by atoms with Crippen molar-refractivity contribution in [2.45, 2.75) is 31.7 Å². The first-order chi connectivity index (χ1) is 9.18. The van der Waals surface area contributed by atoms with Crippen LogP contribution in [0.25, 0.3) is 0 Å². The van der Waals surface area contributed by atoms with Gasteiger partial charge in [-0.3, -0.25) is 0 Å². The molecule has 3 rings (SSSR count). The molecular weight excluding hydrogens is 310 g/mol. The largest absolute Gasteiger partial charge is 0.486 e. The van der Waals surface area contributed by atoms with Crippen molar-refractivity contribution < 1.29 is 14.3 Å². The third-order valence-electron chi connectivity index (χ3n) is 3.96. The van der Waals surface area contributed by atoms with Gasteiger partial charge in [0, 0.05) is 5.56 Å². The van der Waals surface area contributed by atoms with Gasteiger partial charge in [-0.15, -0.1) is 0 Å². The van der Waals surface area contributed by atoms with E-state index in [1.54, 1.807) is 6.08 Å². The Labute approximate surface area is 119 Å². The van der Waals surface area contributed by atoms with Crippen molar-refractivity contribution in [3.63, 3.8) is 0 Å². The number of aliphatic imine (C=N–C) groups is 1. The van der Waals surface area contributed by atoms with E-state index < -0.39 is 5.54 Å². The first-order valence-corrected chi connectivity index (χ1v) is 7.15. The van der Waals surface area contributed by atoms with E-state index in [9.17, 15) is 4.79 Å². The molecule has 19 heavy (non-hydrogen) atoms. The van der Waals surface area contributed by atoms with Crippen LogP contribution < -0.4 is 9.47 Å². The molecule has 0 amide bonds. The fraction of sp³-hybridized carbons (Fsp3) is 0.500. The summed E-state index contributed by atoms with van der Waals surface area (Å²) in [6, 6.07) is 2.00. The number of halogens is 1. The van der Waals surface area contributed by atoms with Gasteiger partial charge in [-0.2, -0.15) is 4.99 Å². The molecule has 0 saturated heterocycles. The second-order valence-corrected chi connectivity index (χ2v) is 5.83. The summed E-state index contributed by atoms with van der Waals surface area (Å²) in [5, 5.41) is 0. The molecule has 1 fully saturated rings. The first kappa shape index (κ1) is 12.7. The zero-order valence-electron chi connectivity index (χ0n) is 10.7. The van der Waals surface area contributed by atoms with Gasteiger partial charge in [0.05, 0.1) is 10.0 Å². The third-order valence-corrected chi connectivity index (χ3v) is 4.55. The van der Waals surface area contributed by atoms with Gasteiger partial charge in [0.15, 0.2) is 11.5 Å². The van der Waals surface area contributed by atoms with E-state index in [0.29, 0.717) is 13.2 Å². The van der Waals surface area contributed by atoms with Crippen molar-refractivity contribution in [2.75, 3.05) is 13.2 Å². The van der Waals surface area contributed by atoms with Crippen molar-refractivity contribution in [3.05, 3.63) is 21.7 Å². The number of hydrogen-bond acceptors (Lipinski definition) is 4. The smallest absolute Gasteiger partial charge is 0.235 e. The second kappa shape index (κ2) is 4.66. The third kappa shape index (κ3) is 1.88. The number of hydrogen-bond donors (Lipinski definition) is 0. The lowest BCUT2D eigenvalue weighted by atomic mass is 9.71. The van der Waals surface area contributed by atoms with Gasteiger partial charge in [0.2, 0.25) is 6.08 Å². The highest BCUT2D eigenvalue weighted by Gasteiger charge is 2.41. The van der Waals surface area contributed by atoms with Crippen LogP contribution in [0.1, 0.15) is 30.4 Å². The molecule has 4 nitrogen and oxygen atoms in total.